The summed E-state index contributed by atoms with van der Waals surface area (Å²) in [6, 6.07) is 3.81. The fraction of sp³-hybridized carbons (Fsp3) is 0.476. The van der Waals surface area contributed by atoms with E-state index < -0.39 is 12.6 Å². The quantitative estimate of drug-likeness (QED) is 0.595. The summed E-state index contributed by atoms with van der Waals surface area (Å²) in [5.41, 5.74) is 2.93. The molecule has 0 bridgehead atoms. The average molecular weight is 432 g/mol. The molecule has 3 aromatic heterocycles. The fourth-order valence-corrected chi connectivity index (χ4v) is 3.88. The Hall–Kier alpha value is -2.88. The summed E-state index contributed by atoms with van der Waals surface area (Å²) in [7, 11) is 1.79. The molecule has 0 N–H and O–H groups in total. The van der Waals surface area contributed by atoms with Crippen molar-refractivity contribution in [3.8, 4) is 11.3 Å². The second-order valence-electron chi connectivity index (χ2n) is 7.99. The third-order valence-corrected chi connectivity index (χ3v) is 5.63. The van der Waals surface area contributed by atoms with Crippen LogP contribution in [0.2, 0.25) is 0 Å². The molecular formula is C21H23F3N6O. The molecule has 1 aliphatic heterocycles. The lowest BCUT2D eigenvalue weighted by molar-refractivity contribution is -0.139. The Morgan fingerprint density at radius 1 is 1.16 bits per heavy atom. The van der Waals surface area contributed by atoms with Crippen LogP contribution in [0.1, 0.15) is 25.0 Å². The Labute approximate surface area is 177 Å². The number of carbonyl (C=O) groups excluding carboxylic acids is 1. The number of rotatable bonds is 6. The molecule has 4 heterocycles. The van der Waals surface area contributed by atoms with Crippen molar-refractivity contribution < 1.29 is 18.0 Å². The Morgan fingerprint density at radius 2 is 1.94 bits per heavy atom. The van der Waals surface area contributed by atoms with Crippen molar-refractivity contribution >= 4 is 16.7 Å². The lowest BCUT2D eigenvalue weighted by Crippen LogP contribution is -2.38. The number of pyridine rings is 2. The van der Waals surface area contributed by atoms with Crippen molar-refractivity contribution in [2.75, 3.05) is 19.6 Å². The van der Waals surface area contributed by atoms with Crippen LogP contribution in [0.4, 0.5) is 13.2 Å². The molecule has 1 aliphatic rings. The highest BCUT2D eigenvalue weighted by molar-refractivity contribution is 5.86. The highest BCUT2D eigenvalue weighted by atomic mass is 19.4. The SMILES string of the molecule is Cn1cc(-c2cnc3cnc(CC(=O)C4CCN(CCC(F)(F)F)CC4)cc3c2)nn1. The molecule has 0 atom stereocenters. The van der Waals surface area contributed by atoms with Crippen LogP contribution in [0.15, 0.2) is 30.7 Å². The van der Waals surface area contributed by atoms with Gasteiger partial charge in [-0.25, -0.2) is 0 Å². The monoisotopic (exact) mass is 432 g/mol. The predicted octanol–water partition coefficient (Wildman–Crippen LogP) is 3.20. The lowest BCUT2D eigenvalue weighted by Gasteiger charge is -2.31. The normalized spacial score (nSPS) is 16.1. The van der Waals surface area contributed by atoms with E-state index in [0.29, 0.717) is 37.3 Å². The highest BCUT2D eigenvalue weighted by Crippen LogP contribution is 2.25. The van der Waals surface area contributed by atoms with Crippen molar-refractivity contribution in [2.24, 2.45) is 13.0 Å². The molecule has 0 aliphatic carbocycles. The van der Waals surface area contributed by atoms with E-state index in [1.165, 1.54) is 0 Å². The predicted molar refractivity (Wildman–Crippen MR) is 108 cm³/mol. The van der Waals surface area contributed by atoms with Crippen LogP contribution in [-0.4, -0.2) is 61.5 Å². The maximum atomic E-state index is 12.7. The number of alkyl halides is 3. The van der Waals surface area contributed by atoms with Crippen LogP contribution in [0.5, 0.6) is 0 Å². The summed E-state index contributed by atoms with van der Waals surface area (Å²) in [5, 5.41) is 8.89. The first-order chi connectivity index (χ1) is 14.8. The molecule has 31 heavy (non-hydrogen) atoms. The summed E-state index contributed by atoms with van der Waals surface area (Å²) in [4.78, 5) is 23.3. The molecule has 1 fully saturated rings. The molecule has 0 aromatic carbocycles. The number of likely N-dealkylation sites (tertiary alicyclic amines) is 1. The van der Waals surface area contributed by atoms with Gasteiger partial charge in [-0.15, -0.1) is 5.10 Å². The van der Waals surface area contributed by atoms with Crippen molar-refractivity contribution in [1.29, 1.82) is 0 Å². The average Bonchev–Trinajstić information content (AvgIpc) is 3.18. The van der Waals surface area contributed by atoms with Crippen LogP contribution in [-0.2, 0) is 18.3 Å². The van der Waals surface area contributed by atoms with Gasteiger partial charge < -0.3 is 4.90 Å². The second-order valence-corrected chi connectivity index (χ2v) is 7.99. The van der Waals surface area contributed by atoms with Crippen LogP contribution in [0.3, 0.4) is 0 Å². The molecule has 4 rings (SSSR count). The van der Waals surface area contributed by atoms with E-state index in [9.17, 15) is 18.0 Å². The summed E-state index contributed by atoms with van der Waals surface area (Å²) < 4.78 is 38.8. The largest absolute Gasteiger partial charge is 0.390 e. The van der Waals surface area contributed by atoms with E-state index in [0.717, 1.165) is 16.5 Å². The van der Waals surface area contributed by atoms with Crippen molar-refractivity contribution in [3.63, 3.8) is 0 Å². The number of Topliss-reactive ketones (excluding diaryl/α,β-unsaturated/α-hetero) is 1. The fourth-order valence-electron chi connectivity index (χ4n) is 3.88. The molecular weight excluding hydrogens is 409 g/mol. The first-order valence-corrected chi connectivity index (χ1v) is 10.2. The van der Waals surface area contributed by atoms with Gasteiger partial charge in [-0.3, -0.25) is 19.4 Å². The molecule has 0 amide bonds. The number of aryl methyl sites for hydroxylation is 1. The first-order valence-electron chi connectivity index (χ1n) is 10.2. The van der Waals surface area contributed by atoms with Gasteiger partial charge in [-0.1, -0.05) is 5.21 Å². The zero-order chi connectivity index (χ0) is 22.0. The van der Waals surface area contributed by atoms with Crippen LogP contribution < -0.4 is 0 Å². The lowest BCUT2D eigenvalue weighted by atomic mass is 9.90. The Balaban J connectivity index is 1.38. The van der Waals surface area contributed by atoms with E-state index >= 15 is 0 Å². The molecule has 1 saturated heterocycles. The number of piperidine rings is 1. The number of halogens is 3. The van der Waals surface area contributed by atoms with Gasteiger partial charge in [0.2, 0.25) is 0 Å². The van der Waals surface area contributed by atoms with E-state index in [4.69, 9.17) is 0 Å². The summed E-state index contributed by atoms with van der Waals surface area (Å²) in [6.07, 6.45) is 1.59. The number of fused-ring (bicyclic) bond motifs is 1. The molecule has 0 spiro atoms. The second kappa shape index (κ2) is 8.70. The third kappa shape index (κ3) is 5.43. The number of hydrogen-bond donors (Lipinski definition) is 0. The molecule has 164 valence electrons. The zero-order valence-corrected chi connectivity index (χ0v) is 17.1. The Bertz CT molecular complexity index is 1070. The molecule has 7 nitrogen and oxygen atoms in total. The maximum Gasteiger partial charge on any atom is 0.390 e. The highest BCUT2D eigenvalue weighted by Gasteiger charge is 2.30. The van der Waals surface area contributed by atoms with Gasteiger partial charge in [0, 0.05) is 48.8 Å². The van der Waals surface area contributed by atoms with E-state index in [-0.39, 0.29) is 24.7 Å². The first kappa shape index (κ1) is 21.4. The molecule has 3 aromatic rings. The van der Waals surface area contributed by atoms with Gasteiger partial charge in [0.1, 0.15) is 11.5 Å². The van der Waals surface area contributed by atoms with E-state index in [1.807, 2.05) is 12.1 Å². The molecule has 10 heteroatoms. The standard InChI is InChI=1S/C21H23F3N6O/c1-29-13-19(27-28-29)16-8-15-9-17(25-12-18(15)26-11-16)10-20(31)14-2-5-30(6-3-14)7-4-21(22,23)24/h8-9,11-14H,2-7,10H2,1H3. The van der Waals surface area contributed by atoms with Crippen LogP contribution in [0.25, 0.3) is 22.2 Å². The van der Waals surface area contributed by atoms with Gasteiger partial charge in [0.15, 0.2) is 0 Å². The Morgan fingerprint density at radius 3 is 2.61 bits per heavy atom. The topological polar surface area (TPSA) is 76.8 Å². The molecule has 0 unspecified atom stereocenters. The number of nitrogens with zero attached hydrogens (tertiary/aromatic N) is 6. The minimum atomic E-state index is -4.14. The van der Waals surface area contributed by atoms with Gasteiger partial charge in [-0.05, 0) is 38.1 Å². The number of ketones is 1. The summed E-state index contributed by atoms with van der Waals surface area (Å²) in [6.45, 7) is 1.03. The minimum Gasteiger partial charge on any atom is -0.303 e. The van der Waals surface area contributed by atoms with Crippen molar-refractivity contribution in [2.45, 2.75) is 31.9 Å². The van der Waals surface area contributed by atoms with E-state index in [1.54, 1.807) is 35.2 Å². The van der Waals surface area contributed by atoms with Gasteiger partial charge in [0.25, 0.3) is 0 Å². The molecule has 0 radical (unpaired) electrons. The van der Waals surface area contributed by atoms with Crippen molar-refractivity contribution in [1.82, 2.24) is 29.9 Å². The van der Waals surface area contributed by atoms with Crippen LogP contribution >= 0.6 is 0 Å². The summed E-state index contributed by atoms with van der Waals surface area (Å²) in [5.74, 6) is -0.0518. The number of hydrogen-bond acceptors (Lipinski definition) is 6. The Kier molecular flexibility index (Phi) is 5.99. The minimum absolute atomic E-state index is 0.00222. The summed E-state index contributed by atoms with van der Waals surface area (Å²) >= 11 is 0. The van der Waals surface area contributed by atoms with Crippen molar-refractivity contribution in [3.05, 3.63) is 36.4 Å². The van der Waals surface area contributed by atoms with Gasteiger partial charge in [-0.2, -0.15) is 13.2 Å². The number of aromatic nitrogens is 5. The molecule has 0 saturated carbocycles. The van der Waals surface area contributed by atoms with Gasteiger partial charge in [0.05, 0.1) is 24.3 Å². The maximum absolute atomic E-state index is 12.7. The van der Waals surface area contributed by atoms with Crippen LogP contribution in [0, 0.1) is 5.92 Å². The zero-order valence-electron chi connectivity index (χ0n) is 17.1. The smallest absolute Gasteiger partial charge is 0.303 e. The number of carbonyl (C=O) groups is 1. The third-order valence-electron chi connectivity index (χ3n) is 5.63. The van der Waals surface area contributed by atoms with E-state index in [2.05, 4.69) is 20.3 Å². The van der Waals surface area contributed by atoms with Gasteiger partial charge >= 0.3 is 6.18 Å².